The van der Waals surface area contributed by atoms with E-state index in [1.807, 2.05) is 11.4 Å². The fourth-order valence-corrected chi connectivity index (χ4v) is 4.42. The Morgan fingerprint density at radius 2 is 2.08 bits per heavy atom. The molecule has 1 aromatic carbocycles. The van der Waals surface area contributed by atoms with Crippen LogP contribution in [0.25, 0.3) is 21.6 Å². The highest BCUT2D eigenvalue weighted by atomic mass is 32.2. The number of nitrogens with zero attached hydrogens (tertiary/aromatic N) is 5. The van der Waals surface area contributed by atoms with Crippen LogP contribution in [-0.4, -0.2) is 24.7 Å². The first-order chi connectivity index (χ1) is 12.3. The molecule has 0 unspecified atom stereocenters. The molecule has 1 aliphatic rings. The van der Waals surface area contributed by atoms with Gasteiger partial charge in [-0.1, -0.05) is 6.07 Å². The van der Waals surface area contributed by atoms with E-state index >= 15 is 0 Å². The van der Waals surface area contributed by atoms with Crippen LogP contribution < -0.4 is 0 Å². The lowest BCUT2D eigenvalue weighted by atomic mass is 10.2. The van der Waals surface area contributed by atoms with Gasteiger partial charge in [-0.25, -0.2) is 14.4 Å². The van der Waals surface area contributed by atoms with Gasteiger partial charge in [-0.3, -0.25) is 4.57 Å². The minimum atomic E-state index is -0.299. The predicted octanol–water partition coefficient (Wildman–Crippen LogP) is 4.58. The summed E-state index contributed by atoms with van der Waals surface area (Å²) in [5.74, 6) is 0.594. The van der Waals surface area contributed by atoms with Crippen LogP contribution in [-0.2, 0) is 0 Å². The molecule has 0 spiro atoms. The first kappa shape index (κ1) is 15.0. The molecule has 0 saturated heterocycles. The molecule has 0 bridgehead atoms. The Bertz CT molecular complexity index is 1060. The van der Waals surface area contributed by atoms with Gasteiger partial charge in [0.05, 0.1) is 10.4 Å². The lowest BCUT2D eigenvalue weighted by Gasteiger charge is -2.08. The summed E-state index contributed by atoms with van der Waals surface area (Å²) in [5, 5.41) is 13.0. The van der Waals surface area contributed by atoms with E-state index in [-0.39, 0.29) is 5.82 Å². The lowest BCUT2D eigenvalue weighted by Crippen LogP contribution is -1.99. The lowest BCUT2D eigenvalue weighted by molar-refractivity contribution is 0.629. The molecule has 124 valence electrons. The molecular formula is C17H12FN5S2. The number of rotatable bonds is 4. The molecule has 3 heterocycles. The van der Waals surface area contributed by atoms with Gasteiger partial charge in [0.1, 0.15) is 17.2 Å². The second kappa shape index (κ2) is 5.89. The van der Waals surface area contributed by atoms with Gasteiger partial charge in [0.2, 0.25) is 0 Å². The molecule has 25 heavy (non-hydrogen) atoms. The van der Waals surface area contributed by atoms with Crippen molar-refractivity contribution in [3.8, 4) is 10.7 Å². The van der Waals surface area contributed by atoms with Gasteiger partial charge in [0.25, 0.3) is 0 Å². The summed E-state index contributed by atoms with van der Waals surface area (Å²) in [5.41, 5.74) is 0.717. The number of fused-ring (bicyclic) bond motifs is 1. The van der Waals surface area contributed by atoms with Crippen LogP contribution in [0, 0.1) is 5.82 Å². The standard InChI is InChI=1S/C17H12FN5S2/c18-10-3-6-13-12(8-10)16(20-9-19-13)25-17-22-21-15(14-2-1-7-24-14)23(17)11-4-5-11/h1-3,6-9,11H,4-5H2. The average Bonchev–Trinajstić information content (AvgIpc) is 3.15. The zero-order valence-electron chi connectivity index (χ0n) is 13.0. The number of hydrogen-bond donors (Lipinski definition) is 0. The highest BCUT2D eigenvalue weighted by Gasteiger charge is 2.31. The van der Waals surface area contributed by atoms with Gasteiger partial charge in [-0.15, -0.1) is 21.5 Å². The Hall–Kier alpha value is -2.32. The smallest absolute Gasteiger partial charge is 0.198 e. The minimum Gasteiger partial charge on any atom is -0.298 e. The van der Waals surface area contributed by atoms with Crippen molar-refractivity contribution in [1.29, 1.82) is 0 Å². The molecule has 0 aliphatic heterocycles. The fourth-order valence-electron chi connectivity index (χ4n) is 2.76. The van der Waals surface area contributed by atoms with E-state index in [1.165, 1.54) is 30.2 Å². The summed E-state index contributed by atoms with van der Waals surface area (Å²) in [4.78, 5) is 9.65. The topological polar surface area (TPSA) is 56.5 Å². The molecule has 0 N–H and O–H groups in total. The summed E-state index contributed by atoms with van der Waals surface area (Å²) in [6.45, 7) is 0. The van der Waals surface area contributed by atoms with E-state index in [4.69, 9.17) is 0 Å². The van der Waals surface area contributed by atoms with Gasteiger partial charge >= 0.3 is 0 Å². The van der Waals surface area contributed by atoms with E-state index in [1.54, 1.807) is 17.4 Å². The largest absolute Gasteiger partial charge is 0.298 e. The third-order valence-corrected chi connectivity index (χ3v) is 5.91. The zero-order valence-corrected chi connectivity index (χ0v) is 14.6. The van der Waals surface area contributed by atoms with E-state index in [0.717, 1.165) is 34.2 Å². The molecular weight excluding hydrogens is 357 g/mol. The summed E-state index contributed by atoms with van der Waals surface area (Å²) in [6, 6.07) is 9.04. The molecule has 0 radical (unpaired) electrons. The van der Waals surface area contributed by atoms with Crippen LogP contribution >= 0.6 is 23.1 Å². The normalized spacial score (nSPS) is 14.3. The maximum atomic E-state index is 13.7. The predicted molar refractivity (Wildman–Crippen MR) is 95.2 cm³/mol. The Balaban J connectivity index is 1.60. The second-order valence-electron chi connectivity index (χ2n) is 5.83. The molecule has 0 amide bonds. The maximum Gasteiger partial charge on any atom is 0.198 e. The summed E-state index contributed by atoms with van der Waals surface area (Å²) >= 11 is 3.07. The van der Waals surface area contributed by atoms with E-state index in [2.05, 4.69) is 30.8 Å². The molecule has 5 rings (SSSR count). The fraction of sp³-hybridized carbons (Fsp3) is 0.176. The first-order valence-corrected chi connectivity index (χ1v) is 9.56. The van der Waals surface area contributed by atoms with Crippen molar-refractivity contribution >= 4 is 34.0 Å². The number of thiophene rings is 1. The van der Waals surface area contributed by atoms with Crippen LogP contribution in [0.15, 0.2) is 52.2 Å². The van der Waals surface area contributed by atoms with Crippen LogP contribution in [0.4, 0.5) is 4.39 Å². The Kier molecular flexibility index (Phi) is 3.53. The van der Waals surface area contributed by atoms with Gasteiger partial charge < -0.3 is 0 Å². The van der Waals surface area contributed by atoms with Gasteiger partial charge in [-0.2, -0.15) is 0 Å². The number of benzene rings is 1. The van der Waals surface area contributed by atoms with Crippen molar-refractivity contribution in [2.45, 2.75) is 29.1 Å². The minimum absolute atomic E-state index is 0.299. The molecule has 4 aromatic rings. The molecule has 1 saturated carbocycles. The molecule has 8 heteroatoms. The van der Waals surface area contributed by atoms with Gasteiger partial charge in [-0.05, 0) is 54.2 Å². The Morgan fingerprint density at radius 1 is 1.16 bits per heavy atom. The summed E-state index contributed by atoms with van der Waals surface area (Å²) in [6.07, 6.45) is 3.76. The van der Waals surface area contributed by atoms with Crippen molar-refractivity contribution in [3.05, 3.63) is 47.9 Å². The first-order valence-electron chi connectivity index (χ1n) is 7.86. The Labute approximate surface area is 151 Å². The van der Waals surface area contributed by atoms with Crippen molar-refractivity contribution in [2.75, 3.05) is 0 Å². The molecule has 0 atom stereocenters. The van der Waals surface area contributed by atoms with Crippen LogP contribution in [0.2, 0.25) is 0 Å². The molecule has 5 nitrogen and oxygen atoms in total. The molecule has 1 aliphatic carbocycles. The third-order valence-electron chi connectivity index (χ3n) is 4.07. The van der Waals surface area contributed by atoms with Gasteiger partial charge in [0, 0.05) is 11.4 Å². The maximum absolute atomic E-state index is 13.7. The SMILES string of the molecule is Fc1ccc2ncnc(Sc3nnc(-c4cccs4)n3C3CC3)c2c1. The highest BCUT2D eigenvalue weighted by Crippen LogP contribution is 2.43. The summed E-state index contributed by atoms with van der Waals surface area (Å²) in [7, 11) is 0. The quantitative estimate of drug-likeness (QED) is 0.493. The zero-order chi connectivity index (χ0) is 16.8. The number of hydrogen-bond acceptors (Lipinski definition) is 6. The van der Waals surface area contributed by atoms with Crippen molar-refractivity contribution in [2.24, 2.45) is 0 Å². The molecule has 1 fully saturated rings. The Morgan fingerprint density at radius 3 is 2.88 bits per heavy atom. The average molecular weight is 369 g/mol. The van der Waals surface area contributed by atoms with E-state index in [9.17, 15) is 4.39 Å². The van der Waals surface area contributed by atoms with Crippen LogP contribution in [0.1, 0.15) is 18.9 Å². The van der Waals surface area contributed by atoms with Gasteiger partial charge in [0.15, 0.2) is 11.0 Å². The third kappa shape index (κ3) is 2.71. The monoisotopic (exact) mass is 369 g/mol. The molecule has 3 aromatic heterocycles. The van der Waals surface area contributed by atoms with Crippen LogP contribution in [0.5, 0.6) is 0 Å². The van der Waals surface area contributed by atoms with Crippen LogP contribution in [0.3, 0.4) is 0 Å². The highest BCUT2D eigenvalue weighted by molar-refractivity contribution is 7.99. The van der Waals surface area contributed by atoms with E-state index in [0.29, 0.717) is 16.5 Å². The van der Waals surface area contributed by atoms with Crippen molar-refractivity contribution in [3.63, 3.8) is 0 Å². The second-order valence-corrected chi connectivity index (χ2v) is 7.73. The number of aromatic nitrogens is 5. The van der Waals surface area contributed by atoms with Crippen molar-refractivity contribution in [1.82, 2.24) is 24.7 Å². The van der Waals surface area contributed by atoms with E-state index < -0.39 is 0 Å². The number of halogens is 1. The van der Waals surface area contributed by atoms with Crippen molar-refractivity contribution < 1.29 is 4.39 Å². The summed E-state index contributed by atoms with van der Waals surface area (Å²) < 4.78 is 15.9.